The quantitative estimate of drug-likeness (QED) is 0.0344. The lowest BCUT2D eigenvalue weighted by Crippen LogP contribution is -2.31. The van der Waals surface area contributed by atoms with Crippen LogP contribution in [0.25, 0.3) is 89.2 Å². The average Bonchev–Trinajstić information content (AvgIpc) is 0.912. The third-order valence-corrected chi connectivity index (χ3v) is 23.9. The fourth-order valence-electron chi connectivity index (χ4n) is 16.3. The highest BCUT2D eigenvalue weighted by Crippen LogP contribution is 2.41. The maximum atomic E-state index is 10.6. The highest BCUT2D eigenvalue weighted by atomic mass is 16.5. The predicted octanol–water partition coefficient (Wildman–Crippen LogP) is 16.4. The minimum Gasteiger partial charge on any atom is -0.497 e. The van der Waals surface area contributed by atoms with Crippen LogP contribution in [0.4, 0.5) is 45.5 Å². The zero-order chi connectivity index (χ0) is 102. The third kappa shape index (κ3) is 26.1. The van der Waals surface area contributed by atoms with Crippen LogP contribution in [0.15, 0.2) is 251 Å². The first kappa shape index (κ1) is 101. The van der Waals surface area contributed by atoms with Gasteiger partial charge in [-0.05, 0) is 117 Å². The number of hydrogen-bond acceptors (Lipinski definition) is 33. The summed E-state index contributed by atoms with van der Waals surface area (Å²) in [5.74, 6) is 16.3. The van der Waals surface area contributed by atoms with E-state index in [0.29, 0.717) is 96.1 Å². The van der Waals surface area contributed by atoms with E-state index in [-0.39, 0.29) is 13.2 Å². The van der Waals surface area contributed by atoms with Crippen molar-refractivity contribution in [1.29, 1.82) is 0 Å². The second-order valence-corrected chi connectivity index (χ2v) is 33.7. The number of benzene rings is 8. The van der Waals surface area contributed by atoms with Gasteiger partial charge in [0.1, 0.15) is 57.5 Å². The largest absolute Gasteiger partial charge is 0.497 e. The van der Waals surface area contributed by atoms with Crippen molar-refractivity contribution < 1.29 is 57.2 Å². The van der Waals surface area contributed by atoms with E-state index in [1.165, 1.54) is 0 Å². The van der Waals surface area contributed by atoms with Gasteiger partial charge in [-0.2, -0.15) is 25.4 Å². The van der Waals surface area contributed by atoms with Crippen molar-refractivity contribution in [2.75, 3.05) is 143 Å². The number of terminal acetylenes is 1. The fourth-order valence-corrected chi connectivity index (χ4v) is 16.3. The molecule has 146 heavy (non-hydrogen) atoms. The van der Waals surface area contributed by atoms with Gasteiger partial charge < -0.3 is 82.5 Å². The van der Waals surface area contributed by atoms with Crippen molar-refractivity contribution in [3.05, 3.63) is 262 Å². The van der Waals surface area contributed by atoms with Gasteiger partial charge in [-0.3, -0.25) is 43.6 Å². The molecule has 18 aromatic rings. The highest BCUT2D eigenvalue weighted by molar-refractivity contribution is 5.87. The molecule has 1 aliphatic heterocycles. The first-order valence-corrected chi connectivity index (χ1v) is 47.0. The van der Waals surface area contributed by atoms with Gasteiger partial charge in [0.15, 0.2) is 0 Å². The molecule has 11 heterocycles. The maximum absolute atomic E-state index is 10.6. The SMILES string of the molecule is C#CCN(c1cc(OC)cc(OC)c1)c1ccc2ncc(-c3cnn(CC4CCOCC4)c3)nc2c1.COC[C@@H](O)CN(c1cc(OC)cc(OC)c1)c1ccc2ncc(-c3cnn(CCCN)c3)nc2c1.COc1cc(OC)cc(N(CC#Cc2cnccn2)c2ccc3ncc(-c4cnn(C)c4)nc3c2)c1.COc1cc(OC)cc(N(CCCc2nccc(OC)n2)c2ccc3ncc(-c4cnn(C)c4)nc3c2)c1. The van der Waals surface area contributed by atoms with E-state index in [1.807, 2.05) is 192 Å². The Morgan fingerprint density at radius 3 is 1.23 bits per heavy atom. The predicted molar refractivity (Wildman–Crippen MR) is 561 cm³/mol. The van der Waals surface area contributed by atoms with E-state index in [2.05, 4.69) is 100.0 Å². The van der Waals surface area contributed by atoms with E-state index in [0.717, 1.165) is 192 Å². The molecule has 1 aliphatic rings. The second kappa shape index (κ2) is 49.3. The van der Waals surface area contributed by atoms with Gasteiger partial charge in [-0.15, -0.1) is 6.42 Å². The highest BCUT2D eigenvalue weighted by Gasteiger charge is 2.24. The molecule has 0 saturated carbocycles. The van der Waals surface area contributed by atoms with E-state index in [4.69, 9.17) is 84.2 Å². The Hall–Kier alpha value is -17.5. The van der Waals surface area contributed by atoms with Crippen molar-refractivity contribution in [3.63, 3.8) is 0 Å². The summed E-state index contributed by atoms with van der Waals surface area (Å²) >= 11 is 0. The smallest absolute Gasteiger partial charge is 0.216 e. The Bertz CT molecular complexity index is 7480. The molecular weight excluding hydrogens is 1850 g/mol. The van der Waals surface area contributed by atoms with Crippen LogP contribution in [0.3, 0.4) is 0 Å². The lowest BCUT2D eigenvalue weighted by molar-refractivity contribution is 0.0601. The van der Waals surface area contributed by atoms with Crippen LogP contribution in [0, 0.1) is 30.1 Å². The normalized spacial score (nSPS) is 11.8. The molecule has 0 radical (unpaired) electrons. The molecule has 1 atom stereocenters. The Balaban J connectivity index is 0.000000139. The zero-order valence-corrected chi connectivity index (χ0v) is 83.3. The first-order chi connectivity index (χ1) is 71.4. The molecule has 37 nitrogen and oxygen atoms in total. The van der Waals surface area contributed by atoms with Crippen LogP contribution in [0.2, 0.25) is 0 Å². The number of nitrogens with zero attached hydrogens (tertiary/aromatic N) is 24. The number of fused-ring (bicyclic) bond motifs is 4. The van der Waals surface area contributed by atoms with Crippen LogP contribution >= 0.6 is 0 Å². The number of aliphatic hydroxyl groups excluding tert-OH is 1. The van der Waals surface area contributed by atoms with Crippen LogP contribution in [-0.2, 0) is 43.1 Å². The van der Waals surface area contributed by atoms with E-state index in [9.17, 15) is 5.11 Å². The lowest BCUT2D eigenvalue weighted by Gasteiger charge is -2.28. The van der Waals surface area contributed by atoms with Crippen molar-refractivity contribution in [3.8, 4) is 121 Å². The van der Waals surface area contributed by atoms with Gasteiger partial charge in [-0.1, -0.05) is 11.8 Å². The number of ether oxygens (including phenoxy) is 11. The summed E-state index contributed by atoms with van der Waals surface area (Å²) in [6, 6.07) is 48.4. The minimum absolute atomic E-state index is 0.198. The van der Waals surface area contributed by atoms with Gasteiger partial charge in [0.25, 0.3) is 0 Å². The molecule has 1 saturated heterocycles. The Morgan fingerprint density at radius 1 is 0.411 bits per heavy atom. The molecule has 8 aromatic carbocycles. The number of rotatable bonds is 36. The summed E-state index contributed by atoms with van der Waals surface area (Å²) in [6.07, 6.45) is 38.2. The molecular formula is C109H113N25O12. The number of aromatic nitrogens is 20. The standard InChI is InChI=1S/C28H29N7O3.C28H29N5O3.C27H23N7O2.C26H32N6O4/c1-34-18-19(16-31-34)26-17-30-24-8-7-20(14-25(24)32-26)35(21-12-22(36-2)15-23(13-21)37-3)11-5-6-27-29-10-9-28(33-27)38-4;1-4-9-33(23-12-24(34-2)15-25(13-23)35-3)22-5-6-26-27(14-22)31-28(17-29-26)21-16-30-32(19-21)18-20-7-10-36-11-8-20;1-33-18-19(15-31-33)27-17-30-25-7-6-21(13-26(25)32-27)34(10-4-5-20-16-28-8-9-29-20)22-11-23(35-2)14-24(12-22)36-3;1-34-17-21(33)16-32(20-9-22(35-2)12-23(10-20)36-3)19-5-6-24-25(11-19)30-26(14-28-24)18-13-29-31(15-18)8-4-7-27/h7-10,12-18H,5-6,11H2,1-4H3;1,5-6,12-17,19-20H,7-11,18H2,2-3H3;6-9,11-18H,10H2,1-3H3;5-6,9-15,21,33H,4,7-8,16-17,27H2,1-3H3/t;;;21-/m...0/s1. The van der Waals surface area contributed by atoms with Crippen LogP contribution < -0.4 is 68.0 Å². The molecule has 0 aliphatic carbocycles. The Labute approximate surface area is 844 Å². The molecule has 3 N–H and O–H groups in total. The third-order valence-electron chi connectivity index (χ3n) is 23.9. The minimum atomic E-state index is -0.723. The molecule has 0 bridgehead atoms. The number of hydrogen-bond donors (Lipinski definition) is 2. The average molecular weight is 1970 g/mol. The van der Waals surface area contributed by atoms with Crippen LogP contribution in [0.5, 0.6) is 51.9 Å². The topological polar surface area (TPSA) is 387 Å². The van der Waals surface area contributed by atoms with Gasteiger partial charge in [-0.25, -0.2) is 29.9 Å². The Morgan fingerprint density at radius 2 is 0.822 bits per heavy atom. The fraction of sp³-hybridized carbons (Fsp3) is 0.266. The number of nitrogens with two attached hydrogens (primary N) is 1. The van der Waals surface area contributed by atoms with Gasteiger partial charge in [0.05, 0.1) is 219 Å². The molecule has 0 amide bonds. The van der Waals surface area contributed by atoms with Crippen molar-refractivity contribution in [1.82, 2.24) is 98.9 Å². The van der Waals surface area contributed by atoms with Crippen molar-refractivity contribution >= 4 is 89.6 Å². The van der Waals surface area contributed by atoms with Crippen molar-refractivity contribution in [2.45, 2.75) is 51.3 Å². The summed E-state index contributed by atoms with van der Waals surface area (Å²) in [5.41, 5.74) is 26.2. The first-order valence-electron chi connectivity index (χ1n) is 47.0. The summed E-state index contributed by atoms with van der Waals surface area (Å²) in [4.78, 5) is 63.4. The summed E-state index contributed by atoms with van der Waals surface area (Å²) in [5, 5.41) is 28.1. The number of anilines is 8. The molecule has 0 spiro atoms. The van der Waals surface area contributed by atoms with Crippen molar-refractivity contribution in [2.24, 2.45) is 25.7 Å². The summed E-state index contributed by atoms with van der Waals surface area (Å²) in [7, 11) is 19.9. The van der Waals surface area contributed by atoms with Gasteiger partial charge >= 0.3 is 0 Å². The van der Waals surface area contributed by atoms with E-state index in [1.54, 1.807) is 161 Å². The summed E-state index contributed by atoms with van der Waals surface area (Å²) < 4.78 is 67.2. The molecule has 1 fully saturated rings. The second-order valence-electron chi connectivity index (χ2n) is 33.7. The summed E-state index contributed by atoms with van der Waals surface area (Å²) in [6.45, 7) is 5.85. The van der Waals surface area contributed by atoms with Gasteiger partial charge in [0.2, 0.25) is 5.88 Å². The van der Waals surface area contributed by atoms with Gasteiger partial charge in [0, 0.05) is 250 Å². The van der Waals surface area contributed by atoms with Crippen LogP contribution in [0.1, 0.15) is 37.2 Å². The molecule has 746 valence electrons. The number of aliphatic hydroxyl groups is 1. The monoisotopic (exact) mass is 1960 g/mol. The van der Waals surface area contributed by atoms with E-state index >= 15 is 0 Å². The number of methoxy groups -OCH3 is 10. The molecule has 37 heteroatoms. The molecule has 10 aromatic heterocycles. The zero-order valence-electron chi connectivity index (χ0n) is 83.3. The number of aryl methyl sites for hydroxylation is 4. The Kier molecular flexibility index (Phi) is 34.2. The molecule has 19 rings (SSSR count). The maximum Gasteiger partial charge on any atom is 0.216 e. The van der Waals surface area contributed by atoms with Crippen LogP contribution in [-0.4, -0.2) is 234 Å². The van der Waals surface area contributed by atoms with E-state index < -0.39 is 6.10 Å². The molecule has 0 unspecified atom stereocenters. The lowest BCUT2D eigenvalue weighted by atomic mass is 10.0.